The lowest BCUT2D eigenvalue weighted by Crippen LogP contribution is -2.32. The summed E-state index contributed by atoms with van der Waals surface area (Å²) in [5.74, 6) is 0.789. The van der Waals surface area contributed by atoms with Crippen molar-refractivity contribution in [3.63, 3.8) is 0 Å². The molecule has 3 heterocycles. The number of hydrogen-bond donors (Lipinski definition) is 1. The first kappa shape index (κ1) is 14.7. The van der Waals surface area contributed by atoms with E-state index in [2.05, 4.69) is 24.8 Å². The predicted octanol–water partition coefficient (Wildman–Crippen LogP) is 1.19. The largest absolute Gasteiger partial charge is 0.339 e. The highest BCUT2D eigenvalue weighted by Gasteiger charge is 2.17. The van der Waals surface area contributed by atoms with Gasteiger partial charge in [-0.25, -0.2) is 9.97 Å². The molecular weight excluding hydrogens is 278 g/mol. The van der Waals surface area contributed by atoms with Crippen LogP contribution in [-0.4, -0.2) is 46.0 Å². The molecule has 1 aliphatic heterocycles. The predicted molar refractivity (Wildman–Crippen MR) is 85.9 cm³/mol. The molecular formula is C16H21N5O. The Morgan fingerprint density at radius 2 is 1.95 bits per heavy atom. The van der Waals surface area contributed by atoms with Crippen LogP contribution in [0.5, 0.6) is 0 Å². The van der Waals surface area contributed by atoms with Gasteiger partial charge in [0.2, 0.25) is 5.95 Å². The lowest BCUT2D eigenvalue weighted by molar-refractivity contribution is 0.284. The maximum atomic E-state index is 12.0. The number of pyridine rings is 1. The van der Waals surface area contributed by atoms with Crippen molar-refractivity contribution in [2.75, 3.05) is 31.1 Å². The number of aromatic nitrogens is 3. The summed E-state index contributed by atoms with van der Waals surface area (Å²) in [7, 11) is 0. The van der Waals surface area contributed by atoms with Gasteiger partial charge in [0, 0.05) is 56.4 Å². The molecule has 0 spiro atoms. The fraction of sp³-hybridized carbons (Fsp3) is 0.438. The van der Waals surface area contributed by atoms with E-state index in [-0.39, 0.29) is 5.56 Å². The lowest BCUT2D eigenvalue weighted by Gasteiger charge is -2.21. The Morgan fingerprint density at radius 3 is 2.73 bits per heavy atom. The van der Waals surface area contributed by atoms with Crippen LogP contribution in [-0.2, 0) is 6.54 Å². The number of nitrogens with one attached hydrogen (secondary N) is 1. The zero-order chi connectivity index (χ0) is 15.4. The van der Waals surface area contributed by atoms with Crippen LogP contribution in [0.15, 0.2) is 35.4 Å². The zero-order valence-electron chi connectivity index (χ0n) is 12.8. The maximum absolute atomic E-state index is 12.0. The Labute approximate surface area is 129 Å². The Kier molecular flexibility index (Phi) is 4.48. The molecule has 1 fully saturated rings. The monoisotopic (exact) mass is 299 g/mol. The van der Waals surface area contributed by atoms with Crippen LogP contribution in [0.1, 0.15) is 17.7 Å². The normalized spacial score (nSPS) is 16.5. The lowest BCUT2D eigenvalue weighted by atomic mass is 10.2. The van der Waals surface area contributed by atoms with Crippen LogP contribution in [0.25, 0.3) is 0 Å². The van der Waals surface area contributed by atoms with Crippen LogP contribution >= 0.6 is 0 Å². The van der Waals surface area contributed by atoms with Gasteiger partial charge in [-0.1, -0.05) is 6.07 Å². The van der Waals surface area contributed by atoms with Crippen LogP contribution in [0.3, 0.4) is 0 Å². The van der Waals surface area contributed by atoms with E-state index in [0.717, 1.165) is 49.8 Å². The van der Waals surface area contributed by atoms with Gasteiger partial charge in [0.05, 0.1) is 0 Å². The second-order valence-electron chi connectivity index (χ2n) is 5.66. The van der Waals surface area contributed by atoms with Crippen LogP contribution in [0, 0.1) is 6.92 Å². The highest BCUT2D eigenvalue weighted by atomic mass is 16.1. The summed E-state index contributed by atoms with van der Waals surface area (Å²) in [5.41, 5.74) is 1.75. The molecule has 0 bridgehead atoms. The van der Waals surface area contributed by atoms with Crippen molar-refractivity contribution >= 4 is 5.95 Å². The summed E-state index contributed by atoms with van der Waals surface area (Å²) < 4.78 is 0. The quantitative estimate of drug-likeness (QED) is 0.922. The molecule has 2 aromatic rings. The van der Waals surface area contributed by atoms with E-state index in [4.69, 9.17) is 0 Å². The van der Waals surface area contributed by atoms with Gasteiger partial charge in [0.25, 0.3) is 5.56 Å². The molecule has 6 nitrogen and oxygen atoms in total. The molecule has 6 heteroatoms. The minimum absolute atomic E-state index is 0.0208. The Bertz CT molecular complexity index is 670. The van der Waals surface area contributed by atoms with Crippen molar-refractivity contribution in [1.82, 2.24) is 19.9 Å². The molecule has 0 amide bonds. The van der Waals surface area contributed by atoms with Crippen molar-refractivity contribution in [3.8, 4) is 0 Å². The molecule has 2 aromatic heterocycles. The van der Waals surface area contributed by atoms with E-state index in [0.29, 0.717) is 6.54 Å². The third kappa shape index (κ3) is 3.51. The van der Waals surface area contributed by atoms with Gasteiger partial charge in [0.15, 0.2) is 0 Å². The summed E-state index contributed by atoms with van der Waals surface area (Å²) in [4.78, 5) is 28.0. The maximum Gasteiger partial charge on any atom is 0.252 e. The van der Waals surface area contributed by atoms with Crippen LogP contribution < -0.4 is 10.5 Å². The van der Waals surface area contributed by atoms with Crippen molar-refractivity contribution < 1.29 is 0 Å². The third-order valence-corrected chi connectivity index (χ3v) is 3.95. The fourth-order valence-electron chi connectivity index (χ4n) is 2.75. The first-order valence-corrected chi connectivity index (χ1v) is 7.65. The number of nitrogens with zero attached hydrogens (tertiary/aromatic N) is 4. The van der Waals surface area contributed by atoms with E-state index in [1.54, 1.807) is 12.4 Å². The van der Waals surface area contributed by atoms with Crippen molar-refractivity contribution in [3.05, 3.63) is 52.2 Å². The van der Waals surface area contributed by atoms with Gasteiger partial charge in [-0.3, -0.25) is 9.69 Å². The summed E-state index contributed by atoms with van der Waals surface area (Å²) in [6.07, 6.45) is 4.59. The minimum atomic E-state index is 0.0208. The molecule has 22 heavy (non-hydrogen) atoms. The van der Waals surface area contributed by atoms with E-state index >= 15 is 0 Å². The molecule has 0 atom stereocenters. The highest BCUT2D eigenvalue weighted by Crippen LogP contribution is 2.11. The van der Waals surface area contributed by atoms with Gasteiger partial charge in [-0.15, -0.1) is 0 Å². The van der Waals surface area contributed by atoms with Gasteiger partial charge in [0.1, 0.15) is 0 Å². The standard InChI is InChI=1S/C16H21N5O/c1-13-4-5-14(15(22)19-13)12-20-8-3-9-21(11-10-20)16-17-6-2-7-18-16/h2,4-7H,3,8-12H2,1H3,(H,19,22). The molecule has 0 unspecified atom stereocenters. The third-order valence-electron chi connectivity index (χ3n) is 3.95. The van der Waals surface area contributed by atoms with Crippen molar-refractivity contribution in [1.29, 1.82) is 0 Å². The molecule has 1 saturated heterocycles. The number of anilines is 1. The SMILES string of the molecule is Cc1ccc(CN2CCCN(c3ncccn3)CC2)c(=O)[nH]1. The summed E-state index contributed by atoms with van der Waals surface area (Å²) in [5, 5.41) is 0. The molecule has 0 aliphatic carbocycles. The van der Waals surface area contributed by atoms with Crippen molar-refractivity contribution in [2.45, 2.75) is 19.9 Å². The first-order chi connectivity index (χ1) is 10.7. The molecule has 116 valence electrons. The van der Waals surface area contributed by atoms with E-state index in [1.807, 2.05) is 25.1 Å². The highest BCUT2D eigenvalue weighted by molar-refractivity contribution is 5.28. The smallest absolute Gasteiger partial charge is 0.252 e. The summed E-state index contributed by atoms with van der Waals surface area (Å²) >= 11 is 0. The molecule has 0 radical (unpaired) electrons. The van der Waals surface area contributed by atoms with E-state index < -0.39 is 0 Å². The van der Waals surface area contributed by atoms with Gasteiger partial charge in [-0.05, 0) is 25.5 Å². The Hall–Kier alpha value is -2.21. The van der Waals surface area contributed by atoms with E-state index in [1.165, 1.54) is 0 Å². The van der Waals surface area contributed by atoms with E-state index in [9.17, 15) is 4.79 Å². The topological polar surface area (TPSA) is 65.1 Å². The zero-order valence-corrected chi connectivity index (χ0v) is 12.8. The first-order valence-electron chi connectivity index (χ1n) is 7.65. The minimum Gasteiger partial charge on any atom is -0.339 e. The van der Waals surface area contributed by atoms with Gasteiger partial charge >= 0.3 is 0 Å². The number of hydrogen-bond acceptors (Lipinski definition) is 5. The summed E-state index contributed by atoms with van der Waals surface area (Å²) in [6.45, 7) is 6.31. The second kappa shape index (κ2) is 6.70. The van der Waals surface area contributed by atoms with Crippen LogP contribution in [0.2, 0.25) is 0 Å². The average Bonchev–Trinajstić information content (AvgIpc) is 2.77. The number of aromatic amines is 1. The Balaban J connectivity index is 1.64. The number of H-pyrrole nitrogens is 1. The van der Waals surface area contributed by atoms with Gasteiger partial charge < -0.3 is 9.88 Å². The summed E-state index contributed by atoms with van der Waals surface area (Å²) in [6, 6.07) is 5.72. The number of rotatable bonds is 3. The number of aryl methyl sites for hydroxylation is 1. The van der Waals surface area contributed by atoms with Gasteiger partial charge in [-0.2, -0.15) is 0 Å². The van der Waals surface area contributed by atoms with Crippen molar-refractivity contribution in [2.24, 2.45) is 0 Å². The fourth-order valence-corrected chi connectivity index (χ4v) is 2.75. The Morgan fingerprint density at radius 1 is 1.14 bits per heavy atom. The second-order valence-corrected chi connectivity index (χ2v) is 5.66. The molecule has 3 rings (SSSR count). The van der Waals surface area contributed by atoms with Crippen LogP contribution in [0.4, 0.5) is 5.95 Å². The molecule has 1 N–H and O–H groups in total. The average molecular weight is 299 g/mol. The molecule has 0 aromatic carbocycles. The molecule has 1 aliphatic rings. The molecule has 0 saturated carbocycles.